The van der Waals surface area contributed by atoms with Crippen molar-refractivity contribution >= 4 is 30.2 Å². The van der Waals surface area contributed by atoms with E-state index in [-0.39, 0.29) is 19.1 Å². The summed E-state index contributed by atoms with van der Waals surface area (Å²) < 4.78 is 14.3. The molecule has 2 rings (SSSR count). The molecule has 2 atom stereocenters. The van der Waals surface area contributed by atoms with Crippen molar-refractivity contribution in [1.82, 2.24) is 0 Å². The first-order chi connectivity index (χ1) is 9.18. The van der Waals surface area contributed by atoms with Gasteiger partial charge in [-0.05, 0) is 0 Å². The maximum atomic E-state index is 12.7. The van der Waals surface area contributed by atoms with Crippen molar-refractivity contribution in [1.29, 1.82) is 0 Å². The van der Waals surface area contributed by atoms with Crippen molar-refractivity contribution in [3.05, 3.63) is 60.7 Å². The van der Waals surface area contributed by atoms with Gasteiger partial charge in [0.15, 0.2) is 0 Å². The van der Waals surface area contributed by atoms with Crippen molar-refractivity contribution in [3.63, 3.8) is 0 Å². The Bertz CT molecular complexity index is 525. The Labute approximate surface area is 124 Å². The van der Waals surface area contributed by atoms with Gasteiger partial charge in [0.2, 0.25) is 0 Å². The second kappa shape index (κ2) is 7.04. The van der Waals surface area contributed by atoms with Crippen LogP contribution in [0.4, 0.5) is 0 Å². The summed E-state index contributed by atoms with van der Waals surface area (Å²) in [6.07, 6.45) is 0. The summed E-state index contributed by atoms with van der Waals surface area (Å²) in [5, 5.41) is 0. The molecule has 0 aromatic heterocycles. The van der Waals surface area contributed by atoms with E-state index in [0.717, 1.165) is 4.90 Å². The second-order valence-electron chi connectivity index (χ2n) is 4.65. The van der Waals surface area contributed by atoms with Crippen LogP contribution in [0.25, 0.3) is 0 Å². The van der Waals surface area contributed by atoms with Crippen LogP contribution in [0, 0.1) is 5.92 Å². The van der Waals surface area contributed by atoms with E-state index >= 15 is 0 Å². The Kier molecular flexibility index (Phi) is 5.38. The molecule has 1 nitrogen and oxygen atoms in total. The second-order valence-corrected chi connectivity index (χ2v) is 9.45. The van der Waals surface area contributed by atoms with Crippen LogP contribution in [0.2, 0.25) is 0 Å². The fourth-order valence-corrected chi connectivity index (χ4v) is 6.64. The molecule has 0 saturated heterocycles. The van der Waals surface area contributed by atoms with Crippen LogP contribution in [-0.4, -0.2) is 23.3 Å². The van der Waals surface area contributed by atoms with Crippen LogP contribution in [0.5, 0.6) is 0 Å². The normalized spacial score (nSPS) is 14.3. The Hall–Kier alpha value is -0.891. The van der Waals surface area contributed by atoms with Gasteiger partial charge in [0.05, 0.1) is 0 Å². The molecule has 2 aromatic carbocycles. The van der Waals surface area contributed by atoms with Gasteiger partial charge in [-0.25, -0.2) is 0 Å². The van der Waals surface area contributed by atoms with Gasteiger partial charge in [0.1, 0.15) is 0 Å². The predicted molar refractivity (Wildman–Crippen MR) is 83.3 cm³/mol. The monoisotopic (exact) mass is 338 g/mol. The molecule has 0 saturated carbocycles. The molecular weight excluding hydrogens is 319 g/mol. The summed E-state index contributed by atoms with van der Waals surface area (Å²) in [6.45, 7) is 4.33. The van der Waals surface area contributed by atoms with Gasteiger partial charge in [-0.1, -0.05) is 0 Å². The first-order valence-corrected chi connectivity index (χ1v) is 9.41. The maximum absolute atomic E-state index is 12.7. The zero-order valence-corrected chi connectivity index (χ0v) is 13.7. The van der Waals surface area contributed by atoms with E-state index in [1.165, 1.54) is 4.46 Å². The van der Waals surface area contributed by atoms with Gasteiger partial charge in [-0.3, -0.25) is 0 Å². The van der Waals surface area contributed by atoms with Gasteiger partial charge in [-0.15, -0.1) is 0 Å². The summed E-state index contributed by atoms with van der Waals surface area (Å²) in [6, 6.07) is 20.2. The fourth-order valence-electron chi connectivity index (χ4n) is 1.75. The molecule has 0 bridgehead atoms. The van der Waals surface area contributed by atoms with Crippen molar-refractivity contribution < 1.29 is 4.21 Å². The van der Waals surface area contributed by atoms with Crippen LogP contribution in [-0.2, 0) is 10.8 Å². The first-order valence-electron chi connectivity index (χ1n) is 6.36. The number of benzene rings is 2. The summed E-state index contributed by atoms with van der Waals surface area (Å²) in [5.41, 5.74) is 0. The molecule has 0 heterocycles. The van der Waals surface area contributed by atoms with Crippen LogP contribution >= 0.6 is 0 Å². The molecule has 19 heavy (non-hydrogen) atoms. The van der Waals surface area contributed by atoms with E-state index in [9.17, 15) is 4.21 Å². The minimum absolute atomic E-state index is 0.220. The molecule has 2 aromatic rings. The quantitative estimate of drug-likeness (QED) is 0.767. The van der Waals surface area contributed by atoms with Gasteiger partial charge in [-0.2, -0.15) is 0 Å². The van der Waals surface area contributed by atoms with E-state index in [0.29, 0.717) is 5.92 Å². The molecule has 0 fully saturated rings. The zero-order chi connectivity index (χ0) is 13.7. The van der Waals surface area contributed by atoms with E-state index in [1.807, 2.05) is 36.4 Å². The number of rotatable bonds is 5. The number of hydrogen-bond acceptors (Lipinski definition) is 1. The predicted octanol–water partition coefficient (Wildman–Crippen LogP) is 2.81. The molecule has 0 radical (unpaired) electrons. The van der Waals surface area contributed by atoms with E-state index in [1.54, 1.807) is 0 Å². The third kappa shape index (κ3) is 4.04. The molecule has 0 N–H and O–H groups in total. The summed E-state index contributed by atoms with van der Waals surface area (Å²) >= 11 is 0.232. The van der Waals surface area contributed by atoms with Gasteiger partial charge < -0.3 is 0 Å². The van der Waals surface area contributed by atoms with Gasteiger partial charge in [0.25, 0.3) is 0 Å². The molecule has 100 valence electrons. The fraction of sp³-hybridized carbons (Fsp3) is 0.250. The van der Waals surface area contributed by atoms with E-state index in [2.05, 4.69) is 38.1 Å². The van der Waals surface area contributed by atoms with E-state index < -0.39 is 10.8 Å². The zero-order valence-electron chi connectivity index (χ0n) is 11.2. The molecule has 0 aliphatic heterocycles. The minimum atomic E-state index is -0.924. The van der Waals surface area contributed by atoms with Crippen molar-refractivity contribution in [2.24, 2.45) is 5.92 Å². The summed E-state index contributed by atoms with van der Waals surface area (Å²) in [5.74, 6) is 0.418. The van der Waals surface area contributed by atoms with Crippen LogP contribution < -0.4 is 4.46 Å². The third-order valence-electron chi connectivity index (χ3n) is 2.73. The van der Waals surface area contributed by atoms with Crippen molar-refractivity contribution in [2.45, 2.75) is 22.9 Å². The SMILES string of the molecule is CC(C)C([Se]c1ccccc1)S(=O)c1ccccc1. The van der Waals surface area contributed by atoms with E-state index in [4.69, 9.17) is 0 Å². The molecular formula is C16H18OSSe. The Morgan fingerprint density at radius 3 is 1.95 bits per heavy atom. The van der Waals surface area contributed by atoms with Crippen LogP contribution in [0.1, 0.15) is 13.8 Å². The molecule has 0 spiro atoms. The molecule has 3 heteroatoms. The Balaban J connectivity index is 2.19. The first kappa shape index (κ1) is 14.5. The molecule has 2 unspecified atom stereocenters. The summed E-state index contributed by atoms with van der Waals surface area (Å²) in [7, 11) is -0.924. The molecule has 0 aliphatic carbocycles. The third-order valence-corrected chi connectivity index (χ3v) is 8.80. The number of hydrogen-bond donors (Lipinski definition) is 0. The van der Waals surface area contributed by atoms with Crippen molar-refractivity contribution in [2.75, 3.05) is 0 Å². The van der Waals surface area contributed by atoms with Crippen LogP contribution in [0.15, 0.2) is 65.6 Å². The summed E-state index contributed by atoms with van der Waals surface area (Å²) in [4.78, 5) is 0.944. The van der Waals surface area contributed by atoms with Crippen LogP contribution in [0.3, 0.4) is 0 Å². The molecule has 0 amide bonds. The molecule has 0 aliphatic rings. The van der Waals surface area contributed by atoms with Crippen molar-refractivity contribution in [3.8, 4) is 0 Å². The standard InChI is InChI=1S/C16H18OSSe/c1-13(2)16(19-15-11-7-4-8-12-15)18(17)14-9-5-3-6-10-14/h3-13,16H,1-2H3. The van der Waals surface area contributed by atoms with Gasteiger partial charge in [0, 0.05) is 0 Å². The Morgan fingerprint density at radius 2 is 1.42 bits per heavy atom. The average molecular weight is 337 g/mol. The Morgan fingerprint density at radius 1 is 0.895 bits per heavy atom. The average Bonchev–Trinajstić information content (AvgIpc) is 2.46. The van der Waals surface area contributed by atoms with Gasteiger partial charge >= 0.3 is 124 Å². The topological polar surface area (TPSA) is 17.1 Å².